The Morgan fingerprint density at radius 1 is 1.10 bits per heavy atom. The predicted octanol–water partition coefficient (Wildman–Crippen LogP) is 1.25. The van der Waals surface area contributed by atoms with Crippen LogP contribution in [0.15, 0.2) is 47.3 Å². The highest BCUT2D eigenvalue weighted by atomic mass is 16.5. The minimum absolute atomic E-state index is 0.138. The van der Waals surface area contributed by atoms with Crippen LogP contribution in [0.3, 0.4) is 0 Å². The molecule has 1 aromatic carbocycles. The van der Waals surface area contributed by atoms with E-state index in [0.29, 0.717) is 17.3 Å². The Kier molecular flexibility index (Phi) is 6.28. The maximum absolute atomic E-state index is 12.1. The third-order valence-electron chi connectivity index (χ3n) is 4.14. The van der Waals surface area contributed by atoms with E-state index in [1.54, 1.807) is 42.1 Å². The van der Waals surface area contributed by atoms with Gasteiger partial charge in [-0.15, -0.1) is 5.10 Å². The number of amides is 1. The number of carbonyl (C=O) groups excluding carboxylic acids is 1. The van der Waals surface area contributed by atoms with E-state index in [1.165, 1.54) is 10.7 Å². The lowest BCUT2D eigenvalue weighted by Gasteiger charge is -2.10. The Bertz CT molecular complexity index is 1060. The first kappa shape index (κ1) is 20.1. The highest BCUT2D eigenvalue weighted by Crippen LogP contribution is 2.18. The number of hydrogen-bond donors (Lipinski definition) is 1. The van der Waals surface area contributed by atoms with Crippen molar-refractivity contribution in [2.24, 2.45) is 0 Å². The number of benzene rings is 1. The monoisotopic (exact) mass is 397 g/mol. The smallest absolute Gasteiger partial charge is 0.266 e. The molecule has 1 N–H and O–H groups in total. The van der Waals surface area contributed by atoms with Crippen LogP contribution in [-0.4, -0.2) is 45.7 Å². The Labute approximate surface area is 167 Å². The molecule has 0 aliphatic rings. The highest BCUT2D eigenvalue weighted by Gasteiger charge is 2.08. The molecule has 0 aliphatic heterocycles. The van der Waals surface area contributed by atoms with Crippen molar-refractivity contribution in [3.63, 3.8) is 0 Å². The molecule has 0 fully saturated rings. The maximum Gasteiger partial charge on any atom is 0.266 e. The topological polar surface area (TPSA) is 100 Å². The van der Waals surface area contributed by atoms with Gasteiger partial charge in [0.2, 0.25) is 0 Å². The molecular weight excluding hydrogens is 374 g/mol. The van der Waals surface area contributed by atoms with Gasteiger partial charge >= 0.3 is 0 Å². The van der Waals surface area contributed by atoms with Crippen molar-refractivity contribution in [2.45, 2.75) is 20.4 Å². The Balaban J connectivity index is 1.54. The molecule has 0 aliphatic carbocycles. The summed E-state index contributed by atoms with van der Waals surface area (Å²) in [6.45, 7) is 4.15. The van der Waals surface area contributed by atoms with Crippen molar-refractivity contribution < 1.29 is 14.3 Å². The van der Waals surface area contributed by atoms with Gasteiger partial charge in [0.25, 0.3) is 11.5 Å². The standard InChI is InChI=1S/C20H23N5O4/c1-14-11-15(2)25(22-14)18-7-8-20(27)24(23-18)10-9-21-19(26)13-29-17-6-4-5-16(12-17)28-3/h4-8,11-12H,9-10,13H2,1-3H3,(H,21,26). The van der Waals surface area contributed by atoms with E-state index in [4.69, 9.17) is 9.47 Å². The van der Waals surface area contributed by atoms with Crippen LogP contribution in [0, 0.1) is 13.8 Å². The average Bonchev–Trinajstić information content (AvgIpc) is 3.06. The van der Waals surface area contributed by atoms with Gasteiger partial charge in [-0.25, -0.2) is 9.36 Å². The van der Waals surface area contributed by atoms with Crippen LogP contribution in [0.4, 0.5) is 0 Å². The molecule has 0 atom stereocenters. The summed E-state index contributed by atoms with van der Waals surface area (Å²) in [6, 6.07) is 12.0. The Morgan fingerprint density at radius 2 is 1.90 bits per heavy atom. The third-order valence-corrected chi connectivity index (χ3v) is 4.14. The number of carbonyl (C=O) groups is 1. The van der Waals surface area contributed by atoms with E-state index in [-0.39, 0.29) is 31.2 Å². The third kappa shape index (κ3) is 5.22. The number of nitrogens with zero attached hydrogens (tertiary/aromatic N) is 4. The Hall–Kier alpha value is -3.62. The van der Waals surface area contributed by atoms with E-state index in [1.807, 2.05) is 19.9 Å². The van der Waals surface area contributed by atoms with Gasteiger partial charge in [0.1, 0.15) is 11.5 Å². The van der Waals surface area contributed by atoms with Crippen molar-refractivity contribution in [1.82, 2.24) is 24.9 Å². The SMILES string of the molecule is COc1cccc(OCC(=O)NCCn2nc(-n3nc(C)cc3C)ccc2=O)c1. The number of aromatic nitrogens is 4. The van der Waals surface area contributed by atoms with Crippen LogP contribution in [0.5, 0.6) is 11.5 Å². The highest BCUT2D eigenvalue weighted by molar-refractivity contribution is 5.77. The summed E-state index contributed by atoms with van der Waals surface area (Å²) in [5, 5.41) is 11.4. The summed E-state index contributed by atoms with van der Waals surface area (Å²) < 4.78 is 13.5. The largest absolute Gasteiger partial charge is 0.497 e. The zero-order valence-corrected chi connectivity index (χ0v) is 16.6. The fraction of sp³-hybridized carbons (Fsp3) is 0.300. The first-order valence-corrected chi connectivity index (χ1v) is 9.11. The molecule has 3 aromatic rings. The molecule has 0 spiro atoms. The first-order valence-electron chi connectivity index (χ1n) is 9.11. The van der Waals surface area contributed by atoms with Crippen LogP contribution in [0.25, 0.3) is 5.82 Å². The van der Waals surface area contributed by atoms with Crippen LogP contribution in [0.2, 0.25) is 0 Å². The minimum atomic E-state index is -0.296. The number of ether oxygens (including phenoxy) is 2. The van der Waals surface area contributed by atoms with Crippen molar-refractivity contribution in [1.29, 1.82) is 0 Å². The van der Waals surface area contributed by atoms with Crippen LogP contribution in [0.1, 0.15) is 11.4 Å². The Morgan fingerprint density at radius 3 is 2.62 bits per heavy atom. The first-order chi connectivity index (χ1) is 14.0. The second kappa shape index (κ2) is 9.05. The molecule has 2 aromatic heterocycles. The van der Waals surface area contributed by atoms with Crippen LogP contribution < -0.4 is 20.3 Å². The molecule has 9 heteroatoms. The molecule has 0 saturated carbocycles. The summed E-state index contributed by atoms with van der Waals surface area (Å²) in [5.74, 6) is 1.43. The van der Waals surface area contributed by atoms with Gasteiger partial charge in [-0.05, 0) is 38.1 Å². The lowest BCUT2D eigenvalue weighted by atomic mass is 10.3. The van der Waals surface area contributed by atoms with Gasteiger partial charge in [0.15, 0.2) is 12.4 Å². The molecule has 0 radical (unpaired) electrons. The van der Waals surface area contributed by atoms with Crippen molar-refractivity contribution >= 4 is 5.91 Å². The van der Waals surface area contributed by atoms with Gasteiger partial charge < -0.3 is 14.8 Å². The number of nitrogens with one attached hydrogen (secondary N) is 1. The maximum atomic E-state index is 12.1. The van der Waals surface area contributed by atoms with E-state index in [0.717, 1.165) is 11.4 Å². The molecule has 29 heavy (non-hydrogen) atoms. The lowest BCUT2D eigenvalue weighted by Crippen LogP contribution is -2.34. The van der Waals surface area contributed by atoms with Crippen molar-refractivity contribution in [3.05, 3.63) is 64.2 Å². The second-order valence-corrected chi connectivity index (χ2v) is 6.41. The van der Waals surface area contributed by atoms with E-state index >= 15 is 0 Å². The van der Waals surface area contributed by atoms with Crippen molar-refractivity contribution in [3.8, 4) is 17.3 Å². The fourth-order valence-electron chi connectivity index (χ4n) is 2.76. The fourth-order valence-corrected chi connectivity index (χ4v) is 2.76. The van der Waals surface area contributed by atoms with Gasteiger partial charge in [0.05, 0.1) is 19.3 Å². The molecule has 0 saturated heterocycles. The second-order valence-electron chi connectivity index (χ2n) is 6.41. The number of aryl methyl sites for hydroxylation is 2. The molecule has 2 heterocycles. The summed E-state index contributed by atoms with van der Waals surface area (Å²) in [6.07, 6.45) is 0. The molecular formula is C20H23N5O4. The number of methoxy groups -OCH3 is 1. The van der Waals surface area contributed by atoms with Gasteiger partial charge in [-0.2, -0.15) is 5.10 Å². The zero-order chi connectivity index (χ0) is 20.8. The molecule has 0 bridgehead atoms. The predicted molar refractivity (Wildman–Crippen MR) is 107 cm³/mol. The summed E-state index contributed by atoms with van der Waals surface area (Å²) in [5.41, 5.74) is 1.53. The van der Waals surface area contributed by atoms with Gasteiger partial charge in [0, 0.05) is 24.4 Å². The quantitative estimate of drug-likeness (QED) is 0.614. The number of rotatable bonds is 8. The average molecular weight is 397 g/mol. The molecule has 0 unspecified atom stereocenters. The molecule has 3 rings (SSSR count). The van der Waals surface area contributed by atoms with Gasteiger partial charge in [-0.3, -0.25) is 9.59 Å². The number of hydrogen-bond acceptors (Lipinski definition) is 6. The summed E-state index contributed by atoms with van der Waals surface area (Å²) in [4.78, 5) is 24.1. The normalized spacial score (nSPS) is 10.6. The van der Waals surface area contributed by atoms with Gasteiger partial charge in [-0.1, -0.05) is 6.07 Å². The molecule has 1 amide bonds. The van der Waals surface area contributed by atoms with Crippen LogP contribution >= 0.6 is 0 Å². The van der Waals surface area contributed by atoms with E-state index in [2.05, 4.69) is 15.5 Å². The summed E-state index contributed by atoms with van der Waals surface area (Å²) in [7, 11) is 1.56. The lowest BCUT2D eigenvalue weighted by molar-refractivity contribution is -0.123. The van der Waals surface area contributed by atoms with Crippen molar-refractivity contribution in [2.75, 3.05) is 20.3 Å². The van der Waals surface area contributed by atoms with E-state index < -0.39 is 0 Å². The molecule has 152 valence electrons. The summed E-state index contributed by atoms with van der Waals surface area (Å²) >= 11 is 0. The van der Waals surface area contributed by atoms with E-state index in [9.17, 15) is 9.59 Å². The van der Waals surface area contributed by atoms with Crippen LogP contribution in [-0.2, 0) is 11.3 Å². The zero-order valence-electron chi connectivity index (χ0n) is 16.6. The minimum Gasteiger partial charge on any atom is -0.497 e. The molecule has 9 nitrogen and oxygen atoms in total.